The van der Waals surface area contributed by atoms with Gasteiger partial charge in [-0.2, -0.15) is 0 Å². The Bertz CT molecular complexity index is 380. The first kappa shape index (κ1) is 12.4. The molecular weight excluding hydrogens is 208 g/mol. The number of rotatable bonds is 2. The summed E-state index contributed by atoms with van der Waals surface area (Å²) in [5.41, 5.74) is 17.0. The zero-order chi connectivity index (χ0) is 12.5. The number of anilines is 1. The Morgan fingerprint density at radius 3 is 2.06 bits per heavy atom. The molecule has 1 fully saturated rings. The van der Waals surface area contributed by atoms with Crippen molar-refractivity contribution in [1.82, 2.24) is 0 Å². The van der Waals surface area contributed by atoms with Crippen molar-refractivity contribution in [3.05, 3.63) is 28.8 Å². The molecule has 2 heteroatoms. The van der Waals surface area contributed by atoms with E-state index in [2.05, 4.69) is 26.0 Å². The van der Waals surface area contributed by atoms with E-state index < -0.39 is 0 Å². The topological polar surface area (TPSA) is 52.0 Å². The molecule has 0 radical (unpaired) electrons. The largest absolute Gasteiger partial charge is 0.398 e. The van der Waals surface area contributed by atoms with Crippen LogP contribution in [0.1, 0.15) is 48.8 Å². The SMILES string of the molecule is Cc1cc(C2(CN)CCCCC2)cc(C)c1N. The van der Waals surface area contributed by atoms with Crippen LogP contribution in [-0.4, -0.2) is 6.54 Å². The molecule has 17 heavy (non-hydrogen) atoms. The number of hydrogen-bond donors (Lipinski definition) is 2. The van der Waals surface area contributed by atoms with Crippen LogP contribution in [0.5, 0.6) is 0 Å². The highest BCUT2D eigenvalue weighted by atomic mass is 14.6. The lowest BCUT2D eigenvalue weighted by molar-refractivity contribution is 0.300. The Balaban J connectivity index is 2.43. The summed E-state index contributed by atoms with van der Waals surface area (Å²) in [6.07, 6.45) is 6.42. The first-order valence-electron chi connectivity index (χ1n) is 6.66. The van der Waals surface area contributed by atoms with E-state index in [1.165, 1.54) is 48.8 Å². The lowest BCUT2D eigenvalue weighted by atomic mass is 9.69. The molecule has 0 bridgehead atoms. The van der Waals surface area contributed by atoms with Crippen LogP contribution in [-0.2, 0) is 5.41 Å². The summed E-state index contributed by atoms with van der Waals surface area (Å²) in [5.74, 6) is 0. The number of benzene rings is 1. The fourth-order valence-electron chi connectivity index (χ4n) is 3.12. The molecule has 0 heterocycles. The van der Waals surface area contributed by atoms with Gasteiger partial charge in [-0.15, -0.1) is 0 Å². The van der Waals surface area contributed by atoms with Crippen molar-refractivity contribution in [2.24, 2.45) is 5.73 Å². The second-order valence-corrected chi connectivity index (χ2v) is 5.57. The van der Waals surface area contributed by atoms with E-state index in [0.717, 1.165) is 12.2 Å². The molecule has 94 valence electrons. The van der Waals surface area contributed by atoms with E-state index in [4.69, 9.17) is 11.5 Å². The van der Waals surface area contributed by atoms with Gasteiger partial charge in [0.1, 0.15) is 0 Å². The summed E-state index contributed by atoms with van der Waals surface area (Å²) in [7, 11) is 0. The molecule has 4 N–H and O–H groups in total. The van der Waals surface area contributed by atoms with E-state index in [1.54, 1.807) is 0 Å². The highest BCUT2D eigenvalue weighted by Crippen LogP contribution is 2.40. The Hall–Kier alpha value is -1.02. The number of aryl methyl sites for hydroxylation is 2. The molecule has 1 aliphatic rings. The minimum Gasteiger partial charge on any atom is -0.398 e. The first-order chi connectivity index (χ1) is 8.09. The predicted molar refractivity (Wildman–Crippen MR) is 74.1 cm³/mol. The first-order valence-corrected chi connectivity index (χ1v) is 6.66. The van der Waals surface area contributed by atoms with Crippen molar-refractivity contribution in [1.29, 1.82) is 0 Å². The second-order valence-electron chi connectivity index (χ2n) is 5.57. The summed E-state index contributed by atoms with van der Waals surface area (Å²) >= 11 is 0. The number of nitrogen functional groups attached to an aromatic ring is 1. The third kappa shape index (κ3) is 2.19. The maximum Gasteiger partial charge on any atom is 0.0373 e. The fourth-order valence-corrected chi connectivity index (χ4v) is 3.12. The fraction of sp³-hybridized carbons (Fsp3) is 0.600. The Morgan fingerprint density at radius 1 is 1.06 bits per heavy atom. The van der Waals surface area contributed by atoms with E-state index in [-0.39, 0.29) is 5.41 Å². The maximum atomic E-state index is 6.08. The van der Waals surface area contributed by atoms with Crippen LogP contribution in [0.3, 0.4) is 0 Å². The van der Waals surface area contributed by atoms with Crippen LogP contribution >= 0.6 is 0 Å². The Labute approximate surface area is 104 Å². The maximum absolute atomic E-state index is 6.08. The number of nitrogens with two attached hydrogens (primary N) is 2. The van der Waals surface area contributed by atoms with Gasteiger partial charge in [-0.1, -0.05) is 31.4 Å². The summed E-state index contributed by atoms with van der Waals surface area (Å²) in [4.78, 5) is 0. The van der Waals surface area contributed by atoms with Crippen molar-refractivity contribution in [3.63, 3.8) is 0 Å². The normalized spacial score (nSPS) is 19.2. The molecule has 0 aliphatic heterocycles. The average Bonchev–Trinajstić information content (AvgIpc) is 2.36. The third-order valence-electron chi connectivity index (χ3n) is 4.41. The number of hydrogen-bond acceptors (Lipinski definition) is 2. The molecule has 0 spiro atoms. The van der Waals surface area contributed by atoms with Gasteiger partial charge in [0.25, 0.3) is 0 Å². The van der Waals surface area contributed by atoms with Gasteiger partial charge in [0.2, 0.25) is 0 Å². The molecule has 0 aromatic heterocycles. The average molecular weight is 232 g/mol. The van der Waals surface area contributed by atoms with Gasteiger partial charge in [0.15, 0.2) is 0 Å². The van der Waals surface area contributed by atoms with Crippen molar-refractivity contribution < 1.29 is 0 Å². The molecule has 0 atom stereocenters. The molecule has 1 aromatic carbocycles. The van der Waals surface area contributed by atoms with Gasteiger partial charge in [0.05, 0.1) is 0 Å². The second kappa shape index (κ2) is 4.69. The van der Waals surface area contributed by atoms with Crippen LogP contribution in [0, 0.1) is 13.8 Å². The van der Waals surface area contributed by atoms with Crippen molar-refractivity contribution in [2.75, 3.05) is 12.3 Å². The highest BCUT2D eigenvalue weighted by molar-refractivity contribution is 5.55. The van der Waals surface area contributed by atoms with Crippen molar-refractivity contribution in [2.45, 2.75) is 51.4 Å². The third-order valence-corrected chi connectivity index (χ3v) is 4.41. The van der Waals surface area contributed by atoms with Gasteiger partial charge >= 0.3 is 0 Å². The minimum absolute atomic E-state index is 0.210. The molecule has 1 aromatic rings. The predicted octanol–water partition coefficient (Wildman–Crippen LogP) is 3.05. The molecule has 2 rings (SSSR count). The molecule has 0 amide bonds. The highest BCUT2D eigenvalue weighted by Gasteiger charge is 2.32. The van der Waals surface area contributed by atoms with Gasteiger partial charge < -0.3 is 11.5 Å². The van der Waals surface area contributed by atoms with Crippen LogP contribution in [0.15, 0.2) is 12.1 Å². The lowest BCUT2D eigenvalue weighted by Crippen LogP contribution is -2.37. The van der Waals surface area contributed by atoms with Gasteiger partial charge in [-0.25, -0.2) is 0 Å². The minimum atomic E-state index is 0.210. The van der Waals surface area contributed by atoms with E-state index in [1.807, 2.05) is 0 Å². The summed E-state index contributed by atoms with van der Waals surface area (Å²) in [5, 5.41) is 0. The van der Waals surface area contributed by atoms with Crippen LogP contribution in [0.2, 0.25) is 0 Å². The lowest BCUT2D eigenvalue weighted by Gasteiger charge is -2.37. The van der Waals surface area contributed by atoms with Crippen LogP contribution in [0.25, 0.3) is 0 Å². The molecular formula is C15H24N2. The zero-order valence-electron chi connectivity index (χ0n) is 11.1. The molecule has 1 aliphatic carbocycles. The summed E-state index contributed by atoms with van der Waals surface area (Å²) < 4.78 is 0. The van der Waals surface area contributed by atoms with Crippen molar-refractivity contribution >= 4 is 5.69 Å². The van der Waals surface area contributed by atoms with E-state index in [0.29, 0.717) is 0 Å². The molecule has 0 saturated heterocycles. The standard InChI is InChI=1S/C15H24N2/c1-11-8-13(9-12(2)14(11)17)15(10-16)6-4-3-5-7-15/h8-9H,3-7,10,16-17H2,1-2H3. The van der Waals surface area contributed by atoms with Crippen LogP contribution in [0.4, 0.5) is 5.69 Å². The Morgan fingerprint density at radius 2 is 1.59 bits per heavy atom. The van der Waals surface area contributed by atoms with Gasteiger partial charge in [-0.3, -0.25) is 0 Å². The molecule has 1 saturated carbocycles. The monoisotopic (exact) mass is 232 g/mol. The smallest absolute Gasteiger partial charge is 0.0373 e. The van der Waals surface area contributed by atoms with Crippen LogP contribution < -0.4 is 11.5 Å². The van der Waals surface area contributed by atoms with E-state index >= 15 is 0 Å². The summed E-state index contributed by atoms with van der Waals surface area (Å²) in [6, 6.07) is 4.50. The molecule has 2 nitrogen and oxygen atoms in total. The van der Waals surface area contributed by atoms with E-state index in [9.17, 15) is 0 Å². The quantitative estimate of drug-likeness (QED) is 0.770. The van der Waals surface area contributed by atoms with Crippen molar-refractivity contribution in [3.8, 4) is 0 Å². The zero-order valence-corrected chi connectivity index (χ0v) is 11.1. The van der Waals surface area contributed by atoms with Gasteiger partial charge in [0, 0.05) is 17.6 Å². The Kier molecular flexibility index (Phi) is 3.43. The van der Waals surface area contributed by atoms with Gasteiger partial charge in [-0.05, 0) is 43.4 Å². The molecule has 0 unspecified atom stereocenters. The summed E-state index contributed by atoms with van der Waals surface area (Å²) in [6.45, 7) is 4.95.